The second-order valence-electron chi connectivity index (χ2n) is 3.37. The maximum Gasteiger partial charge on any atom is 0.232 e. The Labute approximate surface area is 94.5 Å². The molecular weight excluding hydrogens is 210 g/mol. The highest BCUT2D eigenvalue weighted by atomic mass is 32.2. The number of aromatic nitrogens is 2. The fourth-order valence-corrected chi connectivity index (χ4v) is 1.48. The second-order valence-corrected chi connectivity index (χ2v) is 4.55. The molecule has 0 aliphatic carbocycles. The lowest BCUT2D eigenvalue weighted by molar-refractivity contribution is -0.120. The molecule has 5 heteroatoms. The highest BCUT2D eigenvalue weighted by Crippen LogP contribution is 2.04. The van der Waals surface area contributed by atoms with E-state index < -0.39 is 0 Å². The van der Waals surface area contributed by atoms with Gasteiger partial charge in [0, 0.05) is 32.4 Å². The minimum atomic E-state index is 0.0198. The number of aryl methyl sites for hydroxylation is 1. The first-order valence-electron chi connectivity index (χ1n) is 4.92. The van der Waals surface area contributed by atoms with Crippen molar-refractivity contribution >= 4 is 17.7 Å². The Balaban J connectivity index is 2.28. The lowest BCUT2D eigenvalue weighted by Crippen LogP contribution is -2.32. The van der Waals surface area contributed by atoms with Gasteiger partial charge in [-0.2, -0.15) is 11.8 Å². The van der Waals surface area contributed by atoms with E-state index in [9.17, 15) is 4.79 Å². The van der Waals surface area contributed by atoms with Crippen LogP contribution in [-0.2, 0) is 18.3 Å². The van der Waals surface area contributed by atoms with Crippen molar-refractivity contribution in [1.82, 2.24) is 14.9 Å². The van der Waals surface area contributed by atoms with Crippen LogP contribution >= 0.6 is 11.8 Å². The molecule has 0 bridgehead atoms. The van der Waals surface area contributed by atoms with Crippen molar-refractivity contribution in [2.45, 2.75) is 18.6 Å². The summed E-state index contributed by atoms with van der Waals surface area (Å²) in [5.41, 5.74) is 0. The number of thioether (sulfide) groups is 1. The molecule has 84 valence electrons. The number of carbonyl (C=O) groups excluding carboxylic acids is 1. The summed E-state index contributed by atoms with van der Waals surface area (Å²) in [6.07, 6.45) is 6.38. The van der Waals surface area contributed by atoms with E-state index in [-0.39, 0.29) is 11.2 Å². The first-order valence-corrected chi connectivity index (χ1v) is 6.20. The maximum absolute atomic E-state index is 11.4. The third-order valence-electron chi connectivity index (χ3n) is 2.29. The topological polar surface area (TPSA) is 46.9 Å². The molecule has 0 aliphatic rings. The summed E-state index contributed by atoms with van der Waals surface area (Å²) in [6, 6.07) is 0. The van der Waals surface area contributed by atoms with Gasteiger partial charge in [-0.3, -0.25) is 4.79 Å². The van der Waals surface area contributed by atoms with Crippen LogP contribution in [0, 0.1) is 0 Å². The van der Waals surface area contributed by atoms with Gasteiger partial charge in [-0.1, -0.05) is 0 Å². The summed E-state index contributed by atoms with van der Waals surface area (Å²) in [6.45, 7) is 2.55. The lowest BCUT2D eigenvalue weighted by Gasteiger charge is -2.09. The van der Waals surface area contributed by atoms with E-state index in [0.29, 0.717) is 6.54 Å². The molecule has 1 N–H and O–H groups in total. The van der Waals surface area contributed by atoms with E-state index >= 15 is 0 Å². The summed E-state index contributed by atoms with van der Waals surface area (Å²) >= 11 is 1.55. The molecule has 1 amide bonds. The molecule has 1 atom stereocenters. The summed E-state index contributed by atoms with van der Waals surface area (Å²) < 4.78 is 1.96. The first kappa shape index (κ1) is 12.1. The average molecular weight is 227 g/mol. The third kappa shape index (κ3) is 3.58. The predicted octanol–water partition coefficient (Wildman–Crippen LogP) is 0.830. The van der Waals surface area contributed by atoms with E-state index in [1.54, 1.807) is 18.0 Å². The minimum Gasteiger partial charge on any atom is -0.355 e. The smallest absolute Gasteiger partial charge is 0.232 e. The van der Waals surface area contributed by atoms with Crippen molar-refractivity contribution in [1.29, 1.82) is 0 Å². The summed E-state index contributed by atoms with van der Waals surface area (Å²) in [7, 11) is 1.95. The molecule has 0 aromatic carbocycles. The van der Waals surface area contributed by atoms with Gasteiger partial charge in [-0.15, -0.1) is 0 Å². The first-order chi connectivity index (χ1) is 7.15. The molecule has 1 rings (SSSR count). The number of hydrogen-bond donors (Lipinski definition) is 1. The number of amides is 1. The van der Waals surface area contributed by atoms with Gasteiger partial charge < -0.3 is 9.88 Å². The fraction of sp³-hybridized carbons (Fsp3) is 0.600. The van der Waals surface area contributed by atoms with E-state index in [0.717, 1.165) is 12.2 Å². The minimum absolute atomic E-state index is 0.0198. The third-order valence-corrected chi connectivity index (χ3v) is 3.21. The SMILES string of the molecule is CS[C@@H](C)C(=O)NCCc1nccn1C. The average Bonchev–Trinajstić information content (AvgIpc) is 2.63. The predicted molar refractivity (Wildman–Crippen MR) is 62.9 cm³/mol. The largest absolute Gasteiger partial charge is 0.355 e. The van der Waals surface area contributed by atoms with Crippen molar-refractivity contribution in [3.8, 4) is 0 Å². The summed E-state index contributed by atoms with van der Waals surface area (Å²) in [4.78, 5) is 15.6. The Kier molecular flexibility index (Phi) is 4.68. The van der Waals surface area contributed by atoms with Crippen molar-refractivity contribution < 1.29 is 4.79 Å². The van der Waals surface area contributed by atoms with Crippen LogP contribution in [-0.4, -0.2) is 33.5 Å². The van der Waals surface area contributed by atoms with Crippen LogP contribution in [0.2, 0.25) is 0 Å². The number of hydrogen-bond acceptors (Lipinski definition) is 3. The zero-order chi connectivity index (χ0) is 11.3. The molecule has 0 spiro atoms. The van der Waals surface area contributed by atoms with E-state index in [1.807, 2.05) is 31.0 Å². The molecule has 0 aliphatic heterocycles. The zero-order valence-electron chi connectivity index (χ0n) is 9.36. The molecule has 1 aromatic rings. The highest BCUT2D eigenvalue weighted by molar-refractivity contribution is 7.99. The van der Waals surface area contributed by atoms with Crippen LogP contribution in [0.15, 0.2) is 12.4 Å². The van der Waals surface area contributed by atoms with Gasteiger partial charge in [0.15, 0.2) is 0 Å². The second kappa shape index (κ2) is 5.80. The van der Waals surface area contributed by atoms with Gasteiger partial charge in [-0.25, -0.2) is 4.98 Å². The van der Waals surface area contributed by atoms with Crippen LogP contribution in [0.4, 0.5) is 0 Å². The molecule has 1 aromatic heterocycles. The molecule has 15 heavy (non-hydrogen) atoms. The Morgan fingerprint density at radius 3 is 3.00 bits per heavy atom. The quantitative estimate of drug-likeness (QED) is 0.810. The summed E-state index contributed by atoms with van der Waals surface area (Å²) in [5.74, 6) is 1.09. The van der Waals surface area contributed by atoms with Gasteiger partial charge in [0.25, 0.3) is 0 Å². The van der Waals surface area contributed by atoms with Gasteiger partial charge in [0.05, 0.1) is 5.25 Å². The maximum atomic E-state index is 11.4. The molecule has 0 fully saturated rings. The van der Waals surface area contributed by atoms with Crippen LogP contribution in [0.1, 0.15) is 12.7 Å². The molecule has 0 radical (unpaired) electrons. The van der Waals surface area contributed by atoms with Crippen molar-refractivity contribution in [2.75, 3.05) is 12.8 Å². The Morgan fingerprint density at radius 2 is 2.47 bits per heavy atom. The monoisotopic (exact) mass is 227 g/mol. The van der Waals surface area contributed by atoms with Crippen LogP contribution in [0.5, 0.6) is 0 Å². The summed E-state index contributed by atoms with van der Waals surface area (Å²) in [5, 5.41) is 2.91. The van der Waals surface area contributed by atoms with E-state index in [2.05, 4.69) is 10.3 Å². The van der Waals surface area contributed by atoms with Gasteiger partial charge in [-0.05, 0) is 13.2 Å². The molecular formula is C10H17N3OS. The van der Waals surface area contributed by atoms with Gasteiger partial charge in [0.1, 0.15) is 5.82 Å². The highest BCUT2D eigenvalue weighted by Gasteiger charge is 2.10. The number of nitrogens with one attached hydrogen (secondary N) is 1. The van der Waals surface area contributed by atoms with Crippen LogP contribution in [0.25, 0.3) is 0 Å². The van der Waals surface area contributed by atoms with Gasteiger partial charge >= 0.3 is 0 Å². The van der Waals surface area contributed by atoms with Crippen LogP contribution in [0.3, 0.4) is 0 Å². The molecule has 1 heterocycles. The van der Waals surface area contributed by atoms with E-state index in [4.69, 9.17) is 0 Å². The van der Waals surface area contributed by atoms with Crippen LogP contribution < -0.4 is 5.32 Å². The molecule has 0 saturated heterocycles. The number of rotatable bonds is 5. The standard InChI is InChI=1S/C10H17N3OS/c1-8(15-3)10(14)12-5-4-9-11-6-7-13(9)2/h6-8H,4-5H2,1-3H3,(H,12,14)/t8-/m0/s1. The Bertz CT molecular complexity index is 324. The lowest BCUT2D eigenvalue weighted by atomic mass is 10.3. The van der Waals surface area contributed by atoms with Crippen molar-refractivity contribution in [3.05, 3.63) is 18.2 Å². The van der Waals surface area contributed by atoms with E-state index in [1.165, 1.54) is 0 Å². The fourth-order valence-electron chi connectivity index (χ4n) is 1.19. The van der Waals surface area contributed by atoms with Crippen molar-refractivity contribution in [3.63, 3.8) is 0 Å². The Morgan fingerprint density at radius 1 is 1.73 bits per heavy atom. The van der Waals surface area contributed by atoms with Crippen molar-refractivity contribution in [2.24, 2.45) is 7.05 Å². The molecule has 0 saturated carbocycles. The number of imidazole rings is 1. The molecule has 4 nitrogen and oxygen atoms in total. The zero-order valence-corrected chi connectivity index (χ0v) is 10.2. The molecule has 0 unspecified atom stereocenters. The van der Waals surface area contributed by atoms with Gasteiger partial charge in [0.2, 0.25) is 5.91 Å². The normalized spacial score (nSPS) is 12.5. The number of carbonyl (C=O) groups is 1. The Hall–Kier alpha value is -0.970. The number of nitrogens with zero attached hydrogens (tertiary/aromatic N) is 2.